The molecule has 6 nitrogen and oxygen atoms in total. The molecule has 1 aliphatic rings. The van der Waals surface area contributed by atoms with Gasteiger partial charge in [-0.1, -0.05) is 11.3 Å². The molecule has 0 saturated carbocycles. The van der Waals surface area contributed by atoms with E-state index >= 15 is 0 Å². The predicted octanol–water partition coefficient (Wildman–Crippen LogP) is 0.905. The lowest BCUT2D eigenvalue weighted by atomic mass is 10.2. The highest BCUT2D eigenvalue weighted by atomic mass is 32.1. The lowest BCUT2D eigenvalue weighted by Crippen LogP contribution is -2.35. The number of carbonyl (C=O) groups is 1. The summed E-state index contributed by atoms with van der Waals surface area (Å²) in [5.41, 5.74) is 1.05. The fraction of sp³-hybridized carbons (Fsp3) is 0.600. The van der Waals surface area contributed by atoms with Crippen LogP contribution in [0.3, 0.4) is 0 Å². The molecule has 1 aromatic rings. The zero-order valence-electron chi connectivity index (χ0n) is 9.99. The second-order valence-electron chi connectivity index (χ2n) is 4.36. The summed E-state index contributed by atoms with van der Waals surface area (Å²) in [6, 6.07) is -0.0974. The van der Waals surface area contributed by atoms with E-state index in [1.165, 1.54) is 11.3 Å². The minimum absolute atomic E-state index is 0.115. The van der Waals surface area contributed by atoms with Gasteiger partial charge in [-0.15, -0.1) is 0 Å². The first-order chi connectivity index (χ1) is 8.04. The molecule has 2 heterocycles. The number of aromatic nitrogens is 1. The Morgan fingerprint density at radius 3 is 3.06 bits per heavy atom. The van der Waals surface area contributed by atoms with Crippen molar-refractivity contribution in [3.05, 3.63) is 10.6 Å². The second kappa shape index (κ2) is 4.99. The van der Waals surface area contributed by atoms with Gasteiger partial charge in [-0.2, -0.15) is 0 Å². The van der Waals surface area contributed by atoms with Crippen LogP contribution >= 0.6 is 11.3 Å². The highest BCUT2D eigenvalue weighted by Gasteiger charge is 2.19. The Hall–Kier alpha value is -1.18. The maximum atomic E-state index is 11.5. The van der Waals surface area contributed by atoms with Crippen molar-refractivity contribution in [3.63, 3.8) is 0 Å². The van der Waals surface area contributed by atoms with Gasteiger partial charge in [0.05, 0.1) is 5.69 Å². The van der Waals surface area contributed by atoms with Crippen LogP contribution in [0, 0.1) is 0 Å². The molecule has 0 unspecified atom stereocenters. The number of carbonyl (C=O) groups excluding carboxylic acids is 1. The van der Waals surface area contributed by atoms with Gasteiger partial charge in [-0.3, -0.25) is 11.2 Å². The van der Waals surface area contributed by atoms with Crippen LogP contribution in [0.1, 0.15) is 24.4 Å². The van der Waals surface area contributed by atoms with Gasteiger partial charge in [-0.05, 0) is 13.8 Å². The molecule has 1 aromatic heterocycles. The quantitative estimate of drug-likeness (QED) is 0.686. The Balaban J connectivity index is 2.01. The number of anilines is 1. The number of nitrogens with zero attached hydrogens (tertiary/aromatic N) is 2. The Morgan fingerprint density at radius 2 is 2.35 bits per heavy atom. The van der Waals surface area contributed by atoms with Crippen LogP contribution in [0.15, 0.2) is 0 Å². The molecule has 0 fully saturated rings. The average molecular weight is 255 g/mol. The smallest absolute Gasteiger partial charge is 0.321 e. The number of nitrogens with one attached hydrogen (secondary N) is 2. The molecular weight excluding hydrogens is 238 g/mol. The number of urea groups is 1. The van der Waals surface area contributed by atoms with E-state index in [0.717, 1.165) is 23.5 Å². The van der Waals surface area contributed by atoms with Crippen molar-refractivity contribution in [1.29, 1.82) is 0 Å². The summed E-state index contributed by atoms with van der Waals surface area (Å²) in [6.45, 7) is 5.35. The van der Waals surface area contributed by atoms with Gasteiger partial charge in [0.15, 0.2) is 5.13 Å². The molecule has 0 atom stereocenters. The zero-order valence-corrected chi connectivity index (χ0v) is 10.8. The summed E-state index contributed by atoms with van der Waals surface area (Å²) < 4.78 is 0. The Bertz CT molecular complexity index is 417. The van der Waals surface area contributed by atoms with Crippen molar-refractivity contribution < 1.29 is 4.79 Å². The van der Waals surface area contributed by atoms with Crippen LogP contribution in [0.25, 0.3) is 0 Å². The molecule has 0 spiro atoms. The summed E-state index contributed by atoms with van der Waals surface area (Å²) in [6.07, 6.45) is 0.843. The van der Waals surface area contributed by atoms with Gasteiger partial charge in [0, 0.05) is 30.4 Å². The highest BCUT2D eigenvalue weighted by Crippen LogP contribution is 2.27. The molecule has 94 valence electrons. The number of hydrogen-bond donors (Lipinski definition) is 3. The van der Waals surface area contributed by atoms with Gasteiger partial charge >= 0.3 is 6.03 Å². The first kappa shape index (κ1) is 12.3. The molecule has 2 amide bonds. The molecule has 2 rings (SSSR count). The molecule has 7 heteroatoms. The molecule has 0 radical (unpaired) electrons. The molecule has 1 aliphatic heterocycles. The molecule has 0 aromatic carbocycles. The van der Waals surface area contributed by atoms with Crippen LogP contribution in [0.4, 0.5) is 9.93 Å². The van der Waals surface area contributed by atoms with Crippen molar-refractivity contribution in [2.24, 2.45) is 5.84 Å². The fourth-order valence-corrected chi connectivity index (χ4v) is 2.69. The minimum atomic E-state index is -0.212. The third-order valence-electron chi connectivity index (χ3n) is 2.40. The van der Waals surface area contributed by atoms with E-state index in [1.807, 2.05) is 13.8 Å². The van der Waals surface area contributed by atoms with Crippen molar-refractivity contribution >= 4 is 22.5 Å². The maximum absolute atomic E-state index is 11.5. The van der Waals surface area contributed by atoms with Crippen LogP contribution in [0.5, 0.6) is 0 Å². The van der Waals surface area contributed by atoms with Crippen molar-refractivity contribution in [3.8, 4) is 0 Å². The summed E-state index contributed by atoms with van der Waals surface area (Å²) in [5, 5.41) is 7.91. The summed E-state index contributed by atoms with van der Waals surface area (Å²) in [7, 11) is 0. The van der Waals surface area contributed by atoms with Gasteiger partial charge in [0.25, 0.3) is 0 Å². The molecule has 0 saturated heterocycles. The monoisotopic (exact) mass is 255 g/mol. The molecule has 0 bridgehead atoms. The SMILES string of the molecule is CC(C)NC(=O)Nc1nc2c(s1)CN(N)CC2. The largest absolute Gasteiger partial charge is 0.336 e. The average Bonchev–Trinajstić information content (AvgIpc) is 2.57. The molecule has 17 heavy (non-hydrogen) atoms. The molecule has 4 N–H and O–H groups in total. The van der Waals surface area contributed by atoms with E-state index in [2.05, 4.69) is 15.6 Å². The Kier molecular flexibility index (Phi) is 3.60. The van der Waals surface area contributed by atoms with E-state index in [9.17, 15) is 4.79 Å². The van der Waals surface area contributed by atoms with Crippen LogP contribution < -0.4 is 16.5 Å². The number of hydrazine groups is 1. The number of amides is 2. The lowest BCUT2D eigenvalue weighted by Gasteiger charge is -2.19. The fourth-order valence-electron chi connectivity index (χ4n) is 1.66. The zero-order chi connectivity index (χ0) is 12.4. The summed E-state index contributed by atoms with van der Waals surface area (Å²) in [5.74, 6) is 5.74. The van der Waals surface area contributed by atoms with Gasteiger partial charge in [-0.25, -0.2) is 14.8 Å². The Labute approximate surface area is 104 Å². The van der Waals surface area contributed by atoms with Crippen molar-refractivity contribution in [2.75, 3.05) is 11.9 Å². The third kappa shape index (κ3) is 3.15. The number of rotatable bonds is 2. The van der Waals surface area contributed by atoms with Gasteiger partial charge in [0.2, 0.25) is 0 Å². The van der Waals surface area contributed by atoms with Gasteiger partial charge in [0.1, 0.15) is 0 Å². The normalized spacial score (nSPS) is 15.8. The van der Waals surface area contributed by atoms with E-state index in [4.69, 9.17) is 5.84 Å². The lowest BCUT2D eigenvalue weighted by molar-refractivity contribution is 0.250. The summed E-state index contributed by atoms with van der Waals surface area (Å²) in [4.78, 5) is 17.0. The standard InChI is InChI=1S/C10H17N5OS/c1-6(2)12-9(16)14-10-13-7-3-4-15(11)5-8(7)17-10/h6H,3-5,11H2,1-2H3,(H2,12,13,14,16). The first-order valence-electron chi connectivity index (χ1n) is 5.60. The maximum Gasteiger partial charge on any atom is 0.321 e. The second-order valence-corrected chi connectivity index (χ2v) is 5.45. The van der Waals surface area contributed by atoms with Crippen LogP contribution in [0.2, 0.25) is 0 Å². The number of nitrogens with two attached hydrogens (primary N) is 1. The number of fused-ring (bicyclic) bond motifs is 1. The van der Waals surface area contributed by atoms with Gasteiger partial charge < -0.3 is 5.32 Å². The minimum Gasteiger partial charge on any atom is -0.336 e. The number of thiazole rings is 1. The number of hydrogen-bond acceptors (Lipinski definition) is 5. The van der Waals surface area contributed by atoms with Crippen LogP contribution in [-0.4, -0.2) is 28.6 Å². The van der Waals surface area contributed by atoms with Crippen LogP contribution in [-0.2, 0) is 13.0 Å². The van der Waals surface area contributed by atoms with E-state index in [1.54, 1.807) is 5.01 Å². The highest BCUT2D eigenvalue weighted by molar-refractivity contribution is 7.15. The van der Waals surface area contributed by atoms with E-state index in [-0.39, 0.29) is 12.1 Å². The van der Waals surface area contributed by atoms with Crippen molar-refractivity contribution in [1.82, 2.24) is 15.3 Å². The Morgan fingerprint density at radius 1 is 1.59 bits per heavy atom. The molecular formula is C10H17N5OS. The third-order valence-corrected chi connectivity index (χ3v) is 3.40. The summed E-state index contributed by atoms with van der Waals surface area (Å²) >= 11 is 1.49. The topological polar surface area (TPSA) is 83.3 Å². The predicted molar refractivity (Wildman–Crippen MR) is 67.7 cm³/mol. The molecule has 0 aliphatic carbocycles. The van der Waals surface area contributed by atoms with E-state index in [0.29, 0.717) is 11.7 Å². The first-order valence-corrected chi connectivity index (χ1v) is 6.42. The van der Waals surface area contributed by atoms with Crippen molar-refractivity contribution in [2.45, 2.75) is 32.9 Å². The van der Waals surface area contributed by atoms with E-state index < -0.39 is 0 Å².